The smallest absolute Gasteiger partial charge is 0.407 e. The fourth-order valence-corrected chi connectivity index (χ4v) is 2.28. The molecule has 0 unspecified atom stereocenters. The molecule has 1 aromatic carbocycles. The summed E-state index contributed by atoms with van der Waals surface area (Å²) in [5, 5.41) is 5.54. The molecule has 0 saturated heterocycles. The molecule has 2 N–H and O–H groups in total. The summed E-state index contributed by atoms with van der Waals surface area (Å²) in [6.07, 6.45) is -0.879. The van der Waals surface area contributed by atoms with Crippen molar-refractivity contribution in [2.75, 3.05) is 0 Å². The molecule has 0 bridgehead atoms. The standard InChI is InChI=1S/C20H32N2O4/c1-13-9-16(12-22-18(24)26-20(6,7)8)14(2)10-15(13)11-21-17(23)25-19(3,4)5/h9-10H,11-12H2,1-8H3,(H,21,23)(H,22,24). The third kappa shape index (κ3) is 8.23. The third-order valence-corrected chi connectivity index (χ3v) is 3.44. The van der Waals surface area contributed by atoms with Crippen LogP contribution in [0.5, 0.6) is 0 Å². The van der Waals surface area contributed by atoms with Gasteiger partial charge in [-0.25, -0.2) is 9.59 Å². The van der Waals surface area contributed by atoms with Crippen molar-refractivity contribution < 1.29 is 19.1 Å². The van der Waals surface area contributed by atoms with Gasteiger partial charge in [-0.1, -0.05) is 12.1 Å². The van der Waals surface area contributed by atoms with Crippen molar-refractivity contribution >= 4 is 12.2 Å². The minimum absolute atomic E-state index is 0.390. The molecule has 1 aromatic rings. The Morgan fingerprint density at radius 3 is 1.35 bits per heavy atom. The molecule has 0 aliphatic heterocycles. The number of carbonyl (C=O) groups excluding carboxylic acids is 2. The number of alkyl carbamates (subject to hydrolysis) is 2. The van der Waals surface area contributed by atoms with Crippen LogP contribution in [0.3, 0.4) is 0 Å². The Morgan fingerprint density at radius 1 is 0.769 bits per heavy atom. The molecule has 146 valence electrons. The Morgan fingerprint density at radius 2 is 1.08 bits per heavy atom. The van der Waals surface area contributed by atoms with E-state index in [1.807, 2.05) is 67.5 Å². The van der Waals surface area contributed by atoms with Gasteiger partial charge in [0.05, 0.1) is 0 Å². The van der Waals surface area contributed by atoms with Crippen LogP contribution in [0.4, 0.5) is 9.59 Å². The summed E-state index contributed by atoms with van der Waals surface area (Å²) >= 11 is 0. The summed E-state index contributed by atoms with van der Waals surface area (Å²) in [4.78, 5) is 23.6. The summed E-state index contributed by atoms with van der Waals surface area (Å²) in [6, 6.07) is 4.03. The lowest BCUT2D eigenvalue weighted by molar-refractivity contribution is 0.0511. The molecule has 0 aromatic heterocycles. The first kappa shape index (κ1) is 21.8. The van der Waals surface area contributed by atoms with Crippen molar-refractivity contribution in [2.24, 2.45) is 0 Å². The molecule has 0 radical (unpaired) electrons. The molecule has 0 aliphatic carbocycles. The summed E-state index contributed by atoms with van der Waals surface area (Å²) in [5.74, 6) is 0. The molecular formula is C20H32N2O4. The van der Waals surface area contributed by atoms with Gasteiger partial charge in [0, 0.05) is 13.1 Å². The molecule has 6 nitrogen and oxygen atoms in total. The van der Waals surface area contributed by atoms with Crippen LogP contribution >= 0.6 is 0 Å². The van der Waals surface area contributed by atoms with Gasteiger partial charge < -0.3 is 20.1 Å². The van der Waals surface area contributed by atoms with E-state index >= 15 is 0 Å². The van der Waals surface area contributed by atoms with Crippen LogP contribution in [0, 0.1) is 13.8 Å². The third-order valence-electron chi connectivity index (χ3n) is 3.44. The van der Waals surface area contributed by atoms with Gasteiger partial charge in [-0.05, 0) is 77.6 Å². The van der Waals surface area contributed by atoms with E-state index in [2.05, 4.69) is 10.6 Å². The predicted octanol–water partition coefficient (Wildman–Crippen LogP) is 4.35. The van der Waals surface area contributed by atoms with Crippen LogP contribution in [-0.2, 0) is 22.6 Å². The van der Waals surface area contributed by atoms with E-state index in [4.69, 9.17) is 9.47 Å². The minimum Gasteiger partial charge on any atom is -0.444 e. The number of rotatable bonds is 4. The van der Waals surface area contributed by atoms with E-state index in [9.17, 15) is 9.59 Å². The molecule has 1 rings (SSSR count). The number of ether oxygens (including phenoxy) is 2. The van der Waals surface area contributed by atoms with Gasteiger partial charge in [0.25, 0.3) is 0 Å². The molecule has 0 saturated carbocycles. The second-order valence-corrected chi connectivity index (χ2v) is 8.42. The van der Waals surface area contributed by atoms with Gasteiger partial charge in [0.15, 0.2) is 0 Å². The fourth-order valence-electron chi connectivity index (χ4n) is 2.28. The minimum atomic E-state index is -0.522. The molecule has 0 heterocycles. The van der Waals surface area contributed by atoms with Gasteiger partial charge >= 0.3 is 12.2 Å². The SMILES string of the molecule is Cc1cc(CNC(=O)OC(C)(C)C)c(C)cc1CNC(=O)OC(C)(C)C. The number of aryl methyl sites for hydroxylation is 2. The Balaban J connectivity index is 2.67. The summed E-state index contributed by atoms with van der Waals surface area (Å²) in [7, 11) is 0. The Kier molecular flexibility index (Phi) is 7.07. The van der Waals surface area contributed by atoms with Crippen LogP contribution in [-0.4, -0.2) is 23.4 Å². The first-order valence-electron chi connectivity index (χ1n) is 8.79. The highest BCUT2D eigenvalue weighted by Crippen LogP contribution is 2.17. The van der Waals surface area contributed by atoms with Crippen molar-refractivity contribution in [1.29, 1.82) is 0 Å². The van der Waals surface area contributed by atoms with Crippen molar-refractivity contribution in [3.8, 4) is 0 Å². The average molecular weight is 364 g/mol. The molecule has 0 aliphatic rings. The summed E-state index contributed by atoms with van der Waals surface area (Å²) in [6.45, 7) is 15.7. The second-order valence-electron chi connectivity index (χ2n) is 8.42. The largest absolute Gasteiger partial charge is 0.444 e. The molecular weight excluding hydrogens is 332 g/mol. The number of carbonyl (C=O) groups is 2. The van der Waals surface area contributed by atoms with E-state index in [1.54, 1.807) is 0 Å². The maximum atomic E-state index is 11.8. The van der Waals surface area contributed by atoms with Crippen molar-refractivity contribution in [2.45, 2.75) is 79.7 Å². The molecule has 26 heavy (non-hydrogen) atoms. The number of hydrogen-bond donors (Lipinski definition) is 2. The Hall–Kier alpha value is -2.24. The van der Waals surface area contributed by atoms with Crippen LogP contribution in [0.2, 0.25) is 0 Å². The highest BCUT2D eigenvalue weighted by molar-refractivity contribution is 5.68. The predicted molar refractivity (Wildman–Crippen MR) is 102 cm³/mol. The van der Waals surface area contributed by atoms with Gasteiger partial charge in [-0.3, -0.25) is 0 Å². The van der Waals surface area contributed by atoms with E-state index in [0.717, 1.165) is 22.3 Å². The molecule has 2 amide bonds. The summed E-state index contributed by atoms with van der Waals surface area (Å²) < 4.78 is 10.5. The van der Waals surface area contributed by atoms with Crippen molar-refractivity contribution in [3.05, 3.63) is 34.4 Å². The van der Waals surface area contributed by atoms with Gasteiger partial charge in [0.2, 0.25) is 0 Å². The van der Waals surface area contributed by atoms with E-state index in [-0.39, 0.29) is 0 Å². The summed E-state index contributed by atoms with van der Waals surface area (Å²) in [5.41, 5.74) is 3.04. The second kappa shape index (κ2) is 8.43. The zero-order valence-corrected chi connectivity index (χ0v) is 17.2. The van der Waals surface area contributed by atoms with Crippen LogP contribution in [0.15, 0.2) is 12.1 Å². The molecule has 0 spiro atoms. The Bertz CT molecular complexity index is 597. The fraction of sp³-hybridized carbons (Fsp3) is 0.600. The van der Waals surface area contributed by atoms with E-state index in [1.165, 1.54) is 0 Å². The zero-order valence-electron chi connectivity index (χ0n) is 17.2. The quantitative estimate of drug-likeness (QED) is 0.832. The van der Waals surface area contributed by atoms with Gasteiger partial charge in [-0.15, -0.1) is 0 Å². The monoisotopic (exact) mass is 364 g/mol. The van der Waals surface area contributed by atoms with Crippen LogP contribution < -0.4 is 10.6 Å². The average Bonchev–Trinajstić information content (AvgIpc) is 2.42. The van der Waals surface area contributed by atoms with Crippen LogP contribution in [0.1, 0.15) is 63.8 Å². The van der Waals surface area contributed by atoms with Gasteiger partial charge in [0.1, 0.15) is 11.2 Å². The lowest BCUT2D eigenvalue weighted by atomic mass is 10.00. The number of amides is 2. The number of nitrogens with one attached hydrogen (secondary N) is 2. The topological polar surface area (TPSA) is 76.7 Å². The van der Waals surface area contributed by atoms with Crippen molar-refractivity contribution in [3.63, 3.8) is 0 Å². The molecule has 0 fully saturated rings. The van der Waals surface area contributed by atoms with Crippen molar-refractivity contribution in [1.82, 2.24) is 10.6 Å². The lowest BCUT2D eigenvalue weighted by Gasteiger charge is -2.21. The maximum Gasteiger partial charge on any atom is 0.407 e. The van der Waals surface area contributed by atoms with E-state index in [0.29, 0.717) is 13.1 Å². The number of benzene rings is 1. The highest BCUT2D eigenvalue weighted by atomic mass is 16.6. The molecule has 0 atom stereocenters. The number of hydrogen-bond acceptors (Lipinski definition) is 4. The van der Waals surface area contributed by atoms with Gasteiger partial charge in [-0.2, -0.15) is 0 Å². The van der Waals surface area contributed by atoms with E-state index < -0.39 is 23.4 Å². The maximum absolute atomic E-state index is 11.8. The lowest BCUT2D eigenvalue weighted by Crippen LogP contribution is -2.32. The normalized spacial score (nSPS) is 11.7. The highest BCUT2D eigenvalue weighted by Gasteiger charge is 2.17. The molecule has 6 heteroatoms. The Labute approximate surface area is 156 Å². The van der Waals surface area contributed by atoms with Crippen LogP contribution in [0.25, 0.3) is 0 Å². The first-order valence-corrected chi connectivity index (χ1v) is 8.79. The zero-order chi connectivity index (χ0) is 20.1. The first-order chi connectivity index (χ1) is 11.8.